The van der Waals surface area contributed by atoms with Gasteiger partial charge in [-0.3, -0.25) is 4.79 Å². The molecule has 2 N–H and O–H groups in total. The van der Waals surface area contributed by atoms with Crippen molar-refractivity contribution in [2.75, 3.05) is 27.2 Å². The van der Waals surface area contributed by atoms with E-state index in [9.17, 15) is 4.79 Å². The number of carbonyl (C=O) groups is 1. The maximum atomic E-state index is 11.7. The molecule has 0 aliphatic rings. The second-order valence-electron chi connectivity index (χ2n) is 3.06. The fraction of sp³-hybridized carbons (Fsp3) is 0.364. The first-order valence-corrected chi connectivity index (χ1v) is 4.85. The van der Waals surface area contributed by atoms with Crippen LogP contribution >= 0.6 is 12.4 Å². The third-order valence-corrected chi connectivity index (χ3v) is 2.01. The minimum Gasteiger partial charge on any atom is -0.496 e. The molecule has 0 saturated heterocycles. The first-order valence-electron chi connectivity index (χ1n) is 4.85. The topological polar surface area (TPSA) is 50.4 Å². The van der Waals surface area contributed by atoms with Gasteiger partial charge in [0.1, 0.15) is 5.75 Å². The lowest BCUT2D eigenvalue weighted by Gasteiger charge is -2.08. The van der Waals surface area contributed by atoms with Gasteiger partial charge in [0.25, 0.3) is 5.91 Å². The van der Waals surface area contributed by atoms with Crippen molar-refractivity contribution < 1.29 is 9.53 Å². The van der Waals surface area contributed by atoms with Gasteiger partial charge in [-0.1, -0.05) is 12.1 Å². The monoisotopic (exact) mass is 244 g/mol. The average Bonchev–Trinajstić information content (AvgIpc) is 2.29. The van der Waals surface area contributed by atoms with Gasteiger partial charge in [0.05, 0.1) is 12.7 Å². The third kappa shape index (κ3) is 4.08. The molecule has 0 heterocycles. The lowest BCUT2D eigenvalue weighted by Crippen LogP contribution is -2.30. The first kappa shape index (κ1) is 14.7. The smallest absolute Gasteiger partial charge is 0.255 e. The van der Waals surface area contributed by atoms with Crippen LogP contribution in [0.3, 0.4) is 0 Å². The molecule has 0 saturated carbocycles. The van der Waals surface area contributed by atoms with E-state index in [0.717, 1.165) is 6.54 Å². The molecule has 0 radical (unpaired) electrons. The fourth-order valence-corrected chi connectivity index (χ4v) is 1.23. The van der Waals surface area contributed by atoms with Gasteiger partial charge in [-0.2, -0.15) is 0 Å². The predicted octanol–water partition coefficient (Wildman–Crippen LogP) is 1.07. The largest absolute Gasteiger partial charge is 0.496 e. The minimum atomic E-state index is -0.109. The Morgan fingerprint density at radius 1 is 1.31 bits per heavy atom. The van der Waals surface area contributed by atoms with Crippen molar-refractivity contribution in [2.45, 2.75) is 0 Å². The maximum absolute atomic E-state index is 11.7. The quantitative estimate of drug-likeness (QED) is 0.762. The summed E-state index contributed by atoms with van der Waals surface area (Å²) in [6.07, 6.45) is 0. The van der Waals surface area contributed by atoms with Gasteiger partial charge in [-0.05, 0) is 19.2 Å². The van der Waals surface area contributed by atoms with Crippen molar-refractivity contribution in [3.8, 4) is 5.75 Å². The highest BCUT2D eigenvalue weighted by Gasteiger charge is 2.09. The second-order valence-corrected chi connectivity index (χ2v) is 3.06. The predicted molar refractivity (Wildman–Crippen MR) is 66.5 cm³/mol. The fourth-order valence-electron chi connectivity index (χ4n) is 1.23. The number of rotatable bonds is 5. The number of likely N-dealkylation sites (N-methyl/N-ethyl adjacent to an activating group) is 1. The zero-order chi connectivity index (χ0) is 11.1. The highest BCUT2D eigenvalue weighted by atomic mass is 35.5. The van der Waals surface area contributed by atoms with Crippen LogP contribution in [-0.4, -0.2) is 33.2 Å². The summed E-state index contributed by atoms with van der Waals surface area (Å²) in [5.41, 5.74) is 0.566. The van der Waals surface area contributed by atoms with E-state index in [4.69, 9.17) is 4.74 Å². The van der Waals surface area contributed by atoms with E-state index >= 15 is 0 Å². The molecule has 1 rings (SSSR count). The van der Waals surface area contributed by atoms with Crippen molar-refractivity contribution in [1.82, 2.24) is 10.6 Å². The van der Waals surface area contributed by atoms with Crippen LogP contribution in [0.1, 0.15) is 10.4 Å². The first-order chi connectivity index (χ1) is 7.29. The molecule has 16 heavy (non-hydrogen) atoms. The molecule has 90 valence electrons. The molecular formula is C11H17ClN2O2. The number of benzene rings is 1. The molecule has 1 amide bonds. The molecule has 0 aliphatic heterocycles. The maximum Gasteiger partial charge on any atom is 0.255 e. The Balaban J connectivity index is 0.00000225. The van der Waals surface area contributed by atoms with E-state index in [1.807, 2.05) is 19.2 Å². The molecule has 0 atom stereocenters. The Labute approximate surface area is 102 Å². The zero-order valence-electron chi connectivity index (χ0n) is 9.45. The molecular weight excluding hydrogens is 228 g/mol. The van der Waals surface area contributed by atoms with Crippen molar-refractivity contribution >= 4 is 18.3 Å². The molecule has 0 aliphatic carbocycles. The van der Waals surface area contributed by atoms with Crippen LogP contribution in [0, 0.1) is 0 Å². The van der Waals surface area contributed by atoms with Crippen molar-refractivity contribution in [3.05, 3.63) is 29.8 Å². The van der Waals surface area contributed by atoms with Gasteiger partial charge in [-0.15, -0.1) is 12.4 Å². The molecule has 5 heteroatoms. The molecule has 4 nitrogen and oxygen atoms in total. The Bertz CT molecular complexity index is 332. The number of methoxy groups -OCH3 is 1. The summed E-state index contributed by atoms with van der Waals surface area (Å²) >= 11 is 0. The number of hydrogen-bond donors (Lipinski definition) is 2. The summed E-state index contributed by atoms with van der Waals surface area (Å²) in [6.45, 7) is 1.36. The Morgan fingerprint density at radius 3 is 2.62 bits per heavy atom. The Hall–Kier alpha value is -1.26. The molecule has 0 spiro atoms. The summed E-state index contributed by atoms with van der Waals surface area (Å²) in [5, 5.41) is 5.75. The number of halogens is 1. The number of para-hydroxylation sites is 1. The second kappa shape index (κ2) is 7.96. The van der Waals surface area contributed by atoms with Gasteiger partial charge >= 0.3 is 0 Å². The summed E-state index contributed by atoms with van der Waals surface area (Å²) < 4.78 is 5.10. The standard InChI is InChI=1S/C11H16N2O2.ClH/c1-12-7-8-13-11(14)9-5-3-4-6-10(9)15-2;/h3-6,12H,7-8H2,1-2H3,(H,13,14);1H. The summed E-state index contributed by atoms with van der Waals surface area (Å²) in [6, 6.07) is 7.17. The number of amides is 1. The van der Waals surface area contributed by atoms with E-state index in [-0.39, 0.29) is 18.3 Å². The minimum absolute atomic E-state index is 0. The van der Waals surface area contributed by atoms with Crippen LogP contribution in [0.4, 0.5) is 0 Å². The molecule has 1 aromatic carbocycles. The van der Waals surface area contributed by atoms with Crippen LogP contribution in [0.15, 0.2) is 24.3 Å². The van der Waals surface area contributed by atoms with Crippen molar-refractivity contribution in [3.63, 3.8) is 0 Å². The molecule has 1 aromatic rings. The van der Waals surface area contributed by atoms with E-state index in [1.54, 1.807) is 19.2 Å². The van der Waals surface area contributed by atoms with Crippen LogP contribution in [0.25, 0.3) is 0 Å². The number of ether oxygens (including phenoxy) is 1. The third-order valence-electron chi connectivity index (χ3n) is 2.01. The SMILES string of the molecule is CNCCNC(=O)c1ccccc1OC.Cl. The highest BCUT2D eigenvalue weighted by molar-refractivity contribution is 5.96. The summed E-state index contributed by atoms with van der Waals surface area (Å²) in [4.78, 5) is 11.7. The lowest BCUT2D eigenvalue weighted by molar-refractivity contribution is 0.0951. The Morgan fingerprint density at radius 2 is 2.00 bits per heavy atom. The average molecular weight is 245 g/mol. The van der Waals surface area contributed by atoms with E-state index in [1.165, 1.54) is 0 Å². The lowest BCUT2D eigenvalue weighted by atomic mass is 10.2. The molecule has 0 aromatic heterocycles. The normalized spacial score (nSPS) is 9.12. The highest BCUT2D eigenvalue weighted by Crippen LogP contribution is 2.16. The van der Waals surface area contributed by atoms with Gasteiger partial charge in [-0.25, -0.2) is 0 Å². The number of hydrogen-bond acceptors (Lipinski definition) is 3. The van der Waals surface area contributed by atoms with Crippen molar-refractivity contribution in [1.29, 1.82) is 0 Å². The number of nitrogens with one attached hydrogen (secondary N) is 2. The van der Waals surface area contributed by atoms with Gasteiger partial charge < -0.3 is 15.4 Å². The van der Waals surface area contributed by atoms with Crippen LogP contribution in [-0.2, 0) is 0 Å². The van der Waals surface area contributed by atoms with E-state index in [2.05, 4.69) is 10.6 Å². The molecule has 0 bridgehead atoms. The molecule has 0 unspecified atom stereocenters. The van der Waals surface area contributed by atoms with Crippen LogP contribution in [0.2, 0.25) is 0 Å². The van der Waals surface area contributed by atoms with E-state index < -0.39 is 0 Å². The van der Waals surface area contributed by atoms with Crippen molar-refractivity contribution in [2.24, 2.45) is 0 Å². The zero-order valence-corrected chi connectivity index (χ0v) is 10.3. The summed E-state index contributed by atoms with van der Waals surface area (Å²) in [7, 11) is 3.40. The number of carbonyl (C=O) groups excluding carboxylic acids is 1. The Kier molecular flexibility index (Phi) is 7.33. The molecule has 0 fully saturated rings. The van der Waals surface area contributed by atoms with Gasteiger partial charge in [0.2, 0.25) is 0 Å². The van der Waals surface area contributed by atoms with Gasteiger partial charge in [0, 0.05) is 13.1 Å². The van der Waals surface area contributed by atoms with Crippen LogP contribution in [0.5, 0.6) is 5.75 Å². The summed E-state index contributed by atoms with van der Waals surface area (Å²) in [5.74, 6) is 0.488. The van der Waals surface area contributed by atoms with E-state index in [0.29, 0.717) is 17.9 Å². The van der Waals surface area contributed by atoms with Gasteiger partial charge in [0.15, 0.2) is 0 Å². The van der Waals surface area contributed by atoms with Crippen LogP contribution < -0.4 is 15.4 Å².